The summed E-state index contributed by atoms with van der Waals surface area (Å²) in [7, 11) is 0. The summed E-state index contributed by atoms with van der Waals surface area (Å²) in [5.74, 6) is -0.457. The molecule has 2 nitrogen and oxygen atoms in total. The maximum Gasteiger partial charge on any atom is 0.255 e. The predicted octanol–water partition coefficient (Wildman–Crippen LogP) is 3.32. The summed E-state index contributed by atoms with van der Waals surface area (Å²) >= 11 is 0. The number of anilines is 1. The van der Waals surface area contributed by atoms with Crippen molar-refractivity contribution in [2.24, 2.45) is 0 Å². The third kappa shape index (κ3) is 1.80. The first-order valence-electron chi connectivity index (χ1n) is 5.02. The molecule has 0 saturated carbocycles. The number of carbonyl (C=O) groups excluding carboxylic acids is 1. The largest absolute Gasteiger partial charge is 0.272 e. The van der Waals surface area contributed by atoms with Crippen molar-refractivity contribution >= 4 is 24.0 Å². The Hall–Kier alpha value is -1.09. The molecule has 4 heteroatoms. The summed E-state index contributed by atoms with van der Waals surface area (Å²) in [6, 6.07) is 5.61. The maximum absolute atomic E-state index is 13.7. The molecule has 0 unspecified atom stereocenters. The Kier molecular flexibility index (Phi) is 3.29. The summed E-state index contributed by atoms with van der Waals surface area (Å²) in [5.41, 5.74) is 1.86. The molecular weight excluding hydrogens is 229 g/mol. The van der Waals surface area contributed by atoms with Crippen LogP contribution in [0.2, 0.25) is 0 Å². The molecule has 0 bridgehead atoms. The number of benzene rings is 1. The molecule has 0 atom stereocenters. The second kappa shape index (κ2) is 4.06. The Labute approximate surface area is 101 Å². The van der Waals surface area contributed by atoms with Gasteiger partial charge in [-0.2, -0.15) is 0 Å². The second-order valence-electron chi connectivity index (χ2n) is 4.71. The van der Waals surface area contributed by atoms with Gasteiger partial charge in [-0.25, -0.2) is 0 Å². The molecule has 0 aliphatic carbocycles. The Bertz CT molecular complexity index is 431. The third-order valence-corrected chi connectivity index (χ3v) is 2.98. The Morgan fingerprint density at radius 3 is 2.62 bits per heavy atom. The van der Waals surface area contributed by atoms with Gasteiger partial charge in [0.25, 0.3) is 5.91 Å². The fourth-order valence-electron chi connectivity index (χ4n) is 2.13. The lowest BCUT2D eigenvalue weighted by molar-refractivity contribution is -0.123. The average Bonchev–Trinajstić information content (AvgIpc) is 2.14. The van der Waals surface area contributed by atoms with Crippen LogP contribution in [0.1, 0.15) is 31.4 Å². The highest BCUT2D eigenvalue weighted by Gasteiger charge is 2.37. The van der Waals surface area contributed by atoms with Crippen molar-refractivity contribution in [3.8, 4) is 0 Å². The molecule has 1 heterocycles. The van der Waals surface area contributed by atoms with Crippen LogP contribution in [0.15, 0.2) is 18.2 Å². The van der Waals surface area contributed by atoms with Crippen molar-refractivity contribution in [1.29, 1.82) is 0 Å². The zero-order chi connectivity index (χ0) is 11.2. The number of nitrogens with zero attached hydrogens (tertiary/aromatic N) is 1. The van der Waals surface area contributed by atoms with Gasteiger partial charge in [-0.3, -0.25) is 4.79 Å². The molecule has 0 radical (unpaired) electrons. The summed E-state index contributed by atoms with van der Waals surface area (Å²) < 4.78 is 13.7. The van der Waals surface area contributed by atoms with E-state index >= 15 is 0 Å². The monoisotopic (exact) mass is 243 g/mol. The quantitative estimate of drug-likeness (QED) is 0.640. The number of rotatable bonds is 0. The first-order chi connectivity index (χ1) is 6.93. The van der Waals surface area contributed by atoms with Crippen LogP contribution < -0.4 is 5.12 Å². The highest BCUT2D eigenvalue weighted by Crippen LogP contribution is 2.41. The van der Waals surface area contributed by atoms with Crippen LogP contribution in [0.25, 0.3) is 0 Å². The molecule has 16 heavy (non-hydrogen) atoms. The molecule has 1 aliphatic rings. The summed E-state index contributed by atoms with van der Waals surface area (Å²) in [4.78, 5) is 11.5. The van der Waals surface area contributed by atoms with Gasteiger partial charge in [-0.15, -0.1) is 17.5 Å². The Morgan fingerprint density at radius 2 is 2.00 bits per heavy atom. The van der Waals surface area contributed by atoms with Gasteiger partial charge in [0, 0.05) is 11.8 Å². The lowest BCUT2D eigenvalue weighted by Gasteiger charge is -2.35. The van der Waals surface area contributed by atoms with E-state index in [1.807, 2.05) is 39.0 Å². The van der Waals surface area contributed by atoms with Crippen LogP contribution >= 0.6 is 12.4 Å². The van der Waals surface area contributed by atoms with E-state index < -0.39 is 5.91 Å². The number of carbonyl (C=O) groups is 1. The zero-order valence-electron chi connectivity index (χ0n) is 9.58. The average molecular weight is 244 g/mol. The van der Waals surface area contributed by atoms with E-state index in [4.69, 9.17) is 0 Å². The van der Waals surface area contributed by atoms with Crippen LogP contribution in [0.5, 0.6) is 0 Å². The molecule has 1 amide bonds. The van der Waals surface area contributed by atoms with Gasteiger partial charge in [-0.05, 0) is 18.1 Å². The highest BCUT2D eigenvalue weighted by molar-refractivity contribution is 5.96. The van der Waals surface area contributed by atoms with Gasteiger partial charge in [-0.1, -0.05) is 36.5 Å². The van der Waals surface area contributed by atoms with Crippen LogP contribution in [0, 0.1) is 6.92 Å². The van der Waals surface area contributed by atoms with Gasteiger partial charge in [0.2, 0.25) is 0 Å². The zero-order valence-corrected chi connectivity index (χ0v) is 10.4. The fourth-order valence-corrected chi connectivity index (χ4v) is 2.13. The van der Waals surface area contributed by atoms with Gasteiger partial charge in [0.15, 0.2) is 0 Å². The van der Waals surface area contributed by atoms with E-state index in [9.17, 15) is 9.28 Å². The predicted molar refractivity (Wildman–Crippen MR) is 64.7 cm³/mol. The van der Waals surface area contributed by atoms with Gasteiger partial charge < -0.3 is 0 Å². The number of fused-ring (bicyclic) bond motifs is 1. The standard InChI is InChI=1S/C12H14FNO.ClH/c1-8-5-4-6-9-11(8)14(13)10(15)7-12(9,2)3;/h4-6H,7H2,1-3H3;1H. The van der Waals surface area contributed by atoms with Gasteiger partial charge >= 0.3 is 0 Å². The van der Waals surface area contributed by atoms with E-state index in [0.717, 1.165) is 11.1 Å². The van der Waals surface area contributed by atoms with Crippen LogP contribution in [-0.2, 0) is 10.2 Å². The molecule has 0 N–H and O–H groups in total. The highest BCUT2D eigenvalue weighted by atomic mass is 35.5. The molecule has 1 aliphatic heterocycles. The summed E-state index contributed by atoms with van der Waals surface area (Å²) in [5, 5.41) is 0.288. The summed E-state index contributed by atoms with van der Waals surface area (Å²) in [6.07, 6.45) is 0.222. The maximum atomic E-state index is 13.7. The van der Waals surface area contributed by atoms with Crippen LogP contribution in [0.3, 0.4) is 0 Å². The molecule has 1 aromatic carbocycles. The Balaban J connectivity index is 0.00000128. The SMILES string of the molecule is Cc1cccc2c1N(F)C(=O)CC2(C)C.Cl. The summed E-state index contributed by atoms with van der Waals surface area (Å²) in [6.45, 7) is 5.76. The van der Waals surface area contributed by atoms with E-state index in [0.29, 0.717) is 5.69 Å². The normalized spacial score (nSPS) is 17.8. The second-order valence-corrected chi connectivity index (χ2v) is 4.71. The molecule has 0 aromatic heterocycles. The molecule has 88 valence electrons. The number of hydrogen-bond donors (Lipinski definition) is 0. The first-order valence-corrected chi connectivity index (χ1v) is 5.02. The lowest BCUT2D eigenvalue weighted by atomic mass is 9.77. The fraction of sp³-hybridized carbons (Fsp3) is 0.417. The number of halogens is 2. The molecule has 0 saturated heterocycles. The molecule has 2 rings (SSSR count). The van der Waals surface area contributed by atoms with Crippen LogP contribution in [0.4, 0.5) is 10.2 Å². The first kappa shape index (κ1) is 13.0. The van der Waals surface area contributed by atoms with Crippen molar-refractivity contribution in [3.05, 3.63) is 29.3 Å². The smallest absolute Gasteiger partial charge is 0.255 e. The van der Waals surface area contributed by atoms with E-state index in [-0.39, 0.29) is 29.4 Å². The topological polar surface area (TPSA) is 20.3 Å². The molecule has 1 aromatic rings. The minimum Gasteiger partial charge on any atom is -0.272 e. The van der Waals surface area contributed by atoms with Crippen molar-refractivity contribution < 1.29 is 9.28 Å². The Morgan fingerprint density at radius 1 is 1.38 bits per heavy atom. The van der Waals surface area contributed by atoms with E-state index in [1.54, 1.807) is 0 Å². The minimum absolute atomic E-state index is 0. The lowest BCUT2D eigenvalue weighted by Crippen LogP contribution is -2.37. The molecule has 0 spiro atoms. The van der Waals surface area contributed by atoms with Gasteiger partial charge in [0.05, 0.1) is 5.69 Å². The molecule has 0 fully saturated rings. The number of aryl methyl sites for hydroxylation is 1. The third-order valence-electron chi connectivity index (χ3n) is 2.98. The number of hydrogen-bond acceptors (Lipinski definition) is 1. The van der Waals surface area contributed by atoms with Crippen molar-refractivity contribution in [2.45, 2.75) is 32.6 Å². The van der Waals surface area contributed by atoms with Crippen molar-refractivity contribution in [1.82, 2.24) is 0 Å². The van der Waals surface area contributed by atoms with Crippen molar-refractivity contribution in [3.63, 3.8) is 0 Å². The van der Waals surface area contributed by atoms with Crippen LogP contribution in [-0.4, -0.2) is 5.91 Å². The number of para-hydroxylation sites is 1. The van der Waals surface area contributed by atoms with Gasteiger partial charge in [0.1, 0.15) is 0 Å². The number of amides is 1. The molecular formula is C12H15ClFNO. The minimum atomic E-state index is -0.457. The van der Waals surface area contributed by atoms with E-state index in [2.05, 4.69) is 0 Å². The van der Waals surface area contributed by atoms with Crippen molar-refractivity contribution in [2.75, 3.05) is 5.12 Å². The van der Waals surface area contributed by atoms with E-state index in [1.165, 1.54) is 0 Å².